The summed E-state index contributed by atoms with van der Waals surface area (Å²) in [7, 11) is -10.7. The fourth-order valence-corrected chi connectivity index (χ4v) is 13.9. The van der Waals surface area contributed by atoms with Crippen LogP contribution in [0.4, 0.5) is 13.2 Å². The van der Waals surface area contributed by atoms with Crippen molar-refractivity contribution in [2.75, 3.05) is 6.26 Å². The van der Waals surface area contributed by atoms with Crippen LogP contribution in [0.2, 0.25) is 0 Å². The summed E-state index contributed by atoms with van der Waals surface area (Å²) < 4.78 is 76.8. The second-order valence-corrected chi connectivity index (χ2v) is 24.3. The molecule has 0 spiro atoms. The van der Waals surface area contributed by atoms with E-state index in [2.05, 4.69) is 202 Å². The second kappa shape index (κ2) is 17.1. The van der Waals surface area contributed by atoms with Gasteiger partial charge >= 0.3 is 15.6 Å². The van der Waals surface area contributed by atoms with E-state index in [4.69, 9.17) is 0 Å². The molecule has 0 radical (unpaired) electrons. The lowest BCUT2D eigenvalue weighted by atomic mass is 9.80. The molecule has 0 aromatic heterocycles. The minimum Gasteiger partial charge on any atom is -0.507 e. The van der Waals surface area contributed by atoms with Gasteiger partial charge in [0.25, 0.3) is 10.1 Å². The zero-order valence-electron chi connectivity index (χ0n) is 42.3. The van der Waals surface area contributed by atoms with Crippen molar-refractivity contribution in [2.24, 2.45) is 0 Å². The molecule has 0 saturated carbocycles. The van der Waals surface area contributed by atoms with Crippen LogP contribution in [0.15, 0.2) is 182 Å². The first kappa shape index (κ1) is 49.1. The Morgan fingerprint density at radius 2 is 0.684 bits per heavy atom. The Labute approximate surface area is 437 Å². The lowest BCUT2D eigenvalue weighted by Gasteiger charge is -2.23. The molecular formula is C65H49F3O6S2. The second-order valence-electron chi connectivity index (χ2n) is 21.0. The van der Waals surface area contributed by atoms with Gasteiger partial charge in [0.1, 0.15) is 5.75 Å². The molecule has 1 N–H and O–H groups in total. The van der Waals surface area contributed by atoms with E-state index in [9.17, 15) is 35.1 Å². The average molecular weight is 1050 g/mol. The first-order valence-corrected chi connectivity index (χ1v) is 28.1. The summed E-state index contributed by atoms with van der Waals surface area (Å²) in [5.41, 5.74) is 6.21. The Morgan fingerprint density at radius 1 is 0.395 bits per heavy atom. The number of hydrogen-bond donors (Lipinski definition) is 1. The molecule has 2 aliphatic carbocycles. The highest BCUT2D eigenvalue weighted by atomic mass is 32.3. The molecule has 0 aliphatic heterocycles. The van der Waals surface area contributed by atoms with Gasteiger partial charge in [0.2, 0.25) is 0 Å². The van der Waals surface area contributed by atoms with Gasteiger partial charge in [0, 0.05) is 16.2 Å². The molecule has 76 heavy (non-hydrogen) atoms. The Hall–Kier alpha value is -7.83. The Kier molecular flexibility index (Phi) is 11.0. The predicted molar refractivity (Wildman–Crippen MR) is 305 cm³/mol. The van der Waals surface area contributed by atoms with Crippen LogP contribution < -0.4 is 0 Å². The molecule has 378 valence electrons. The summed E-state index contributed by atoms with van der Waals surface area (Å²) in [6.45, 7) is 11.6. The van der Waals surface area contributed by atoms with Crippen LogP contribution in [0, 0.1) is 6.92 Å². The molecule has 0 unspecified atom stereocenters. The minimum atomic E-state index is -6.04. The predicted octanol–water partition coefficient (Wildman–Crippen LogP) is 17.0. The molecule has 11 heteroatoms. The van der Waals surface area contributed by atoms with E-state index >= 15 is 0 Å². The number of phenols is 1. The van der Waals surface area contributed by atoms with E-state index in [0.29, 0.717) is 5.75 Å². The van der Waals surface area contributed by atoms with Gasteiger partial charge in [0.05, 0.1) is 6.26 Å². The summed E-state index contributed by atoms with van der Waals surface area (Å²) in [5.74, 6) is 0.362. The number of aryl methyl sites for hydroxylation is 1. The third-order valence-electron chi connectivity index (χ3n) is 15.8. The summed E-state index contributed by atoms with van der Waals surface area (Å²) in [5, 5.41) is 31.4. The number of alkyl halides is 3. The lowest BCUT2D eigenvalue weighted by Crippen LogP contribution is -2.27. The molecule has 0 atom stereocenters. The minimum absolute atomic E-state index is 0.0274. The average Bonchev–Trinajstić information content (AvgIpc) is 3.78. The SMILES string of the molecule is CC1(C)c2cc3c4ccccc4c4ccccc4c3cc2-c2c1cc(O)c1ccccc21.CS(=O)(=O)OS(=O)(=O)C(F)(F)F.Cc1cc2c(c3ccccc13)-c1cc3c4ccccc4c4ccccc4c3cc1C2(C)C. The number of halogens is 3. The van der Waals surface area contributed by atoms with Gasteiger partial charge in [-0.25, -0.2) is 0 Å². The Balaban J connectivity index is 0.000000127. The zero-order valence-corrected chi connectivity index (χ0v) is 43.9. The Morgan fingerprint density at radius 3 is 1.03 bits per heavy atom. The van der Waals surface area contributed by atoms with Crippen molar-refractivity contribution in [1.82, 2.24) is 0 Å². The van der Waals surface area contributed by atoms with Crippen LogP contribution in [0.3, 0.4) is 0 Å². The van der Waals surface area contributed by atoms with E-state index in [1.165, 1.54) is 125 Å². The van der Waals surface area contributed by atoms with Crippen molar-refractivity contribution < 1.29 is 38.7 Å². The molecule has 2 aliphatic rings. The highest BCUT2D eigenvalue weighted by Gasteiger charge is 2.49. The zero-order chi connectivity index (χ0) is 53.4. The summed E-state index contributed by atoms with van der Waals surface area (Å²) >= 11 is 0. The van der Waals surface area contributed by atoms with Crippen LogP contribution >= 0.6 is 0 Å². The number of aromatic hydroxyl groups is 1. The molecule has 0 heterocycles. The third-order valence-corrected chi connectivity index (χ3v) is 18.0. The van der Waals surface area contributed by atoms with Gasteiger partial charge in [-0.05, 0) is 168 Å². The Bertz CT molecular complexity index is 4470. The number of fused-ring (bicyclic) bond motifs is 22. The first-order valence-electron chi connectivity index (χ1n) is 24.8. The fraction of sp³-hybridized carbons (Fsp3) is 0.138. The van der Waals surface area contributed by atoms with Gasteiger partial charge in [-0.15, -0.1) is 3.63 Å². The highest BCUT2D eigenvalue weighted by Crippen LogP contribution is 2.56. The van der Waals surface area contributed by atoms with Crippen molar-refractivity contribution in [3.05, 3.63) is 210 Å². The van der Waals surface area contributed by atoms with Gasteiger partial charge in [-0.1, -0.05) is 179 Å². The number of hydrogen-bond acceptors (Lipinski definition) is 6. The van der Waals surface area contributed by atoms with Crippen molar-refractivity contribution in [3.8, 4) is 28.0 Å². The molecule has 14 rings (SSSR count). The summed E-state index contributed by atoms with van der Waals surface area (Å²) in [4.78, 5) is 0. The largest absolute Gasteiger partial charge is 0.524 e. The maximum Gasteiger partial charge on any atom is 0.524 e. The van der Waals surface area contributed by atoms with Crippen LogP contribution in [0.1, 0.15) is 55.5 Å². The van der Waals surface area contributed by atoms with Crippen LogP contribution in [-0.2, 0) is 34.7 Å². The fourth-order valence-electron chi connectivity index (χ4n) is 12.3. The molecule has 0 saturated heterocycles. The van der Waals surface area contributed by atoms with Crippen LogP contribution in [-0.4, -0.2) is 33.7 Å². The maximum absolute atomic E-state index is 11.4. The molecule has 0 amide bonds. The van der Waals surface area contributed by atoms with E-state index in [-0.39, 0.29) is 17.1 Å². The molecule has 0 bridgehead atoms. The van der Waals surface area contributed by atoms with Gasteiger partial charge in [-0.2, -0.15) is 30.0 Å². The van der Waals surface area contributed by atoms with Crippen molar-refractivity contribution in [1.29, 1.82) is 0 Å². The topological polar surface area (TPSA) is 97.7 Å². The van der Waals surface area contributed by atoms with Crippen molar-refractivity contribution >= 4 is 106 Å². The lowest BCUT2D eigenvalue weighted by molar-refractivity contribution is -0.0498. The van der Waals surface area contributed by atoms with Gasteiger partial charge in [0.15, 0.2) is 0 Å². The summed E-state index contributed by atoms with van der Waals surface area (Å²) in [6, 6.07) is 66.5. The van der Waals surface area contributed by atoms with Crippen LogP contribution in [0.5, 0.6) is 5.75 Å². The maximum atomic E-state index is 11.4. The molecule has 12 aromatic carbocycles. The van der Waals surface area contributed by atoms with E-state index in [0.717, 1.165) is 10.8 Å². The van der Waals surface area contributed by atoms with Crippen molar-refractivity contribution in [2.45, 2.75) is 51.0 Å². The summed E-state index contributed by atoms with van der Waals surface area (Å²) in [6.07, 6.45) is 0.191. The van der Waals surface area contributed by atoms with Crippen molar-refractivity contribution in [3.63, 3.8) is 0 Å². The highest BCUT2D eigenvalue weighted by molar-refractivity contribution is 7.99. The quantitative estimate of drug-likeness (QED) is 0.137. The standard InChI is InChI=1S/C32H24.C31H22O.C2H3F3O5S2/c1-19-16-30-31(25-15-9-4-10-20(19)25)28-17-26-23-13-7-5-11-21(23)22-12-6-8-14-24(22)27(26)18-29(28)32(30,2)3;1-31(2)27-16-25-21-12-6-4-10-19(21)18-9-3-5-11-20(18)24(25)15-26(27)30-23-14-8-7-13-22(23)29(32)17-28(30)31;1-11(6,7)10-12(8,9)2(3,4)5/h4-18H,1-3H3;3-17,32H,1-2H3;1H3. The molecule has 12 aromatic rings. The molecule has 6 nitrogen and oxygen atoms in total. The number of benzene rings is 12. The van der Waals surface area contributed by atoms with Gasteiger partial charge < -0.3 is 5.11 Å². The number of rotatable bonds is 2. The normalized spacial score (nSPS) is 14.4. The van der Waals surface area contributed by atoms with E-state index < -0.39 is 25.7 Å². The third kappa shape index (κ3) is 7.53. The molecule has 0 fully saturated rings. The monoisotopic (exact) mass is 1050 g/mol. The smallest absolute Gasteiger partial charge is 0.507 e. The first-order chi connectivity index (χ1) is 36.1. The molecular weight excluding hydrogens is 998 g/mol. The van der Waals surface area contributed by atoms with Gasteiger partial charge in [-0.3, -0.25) is 0 Å². The van der Waals surface area contributed by atoms with Crippen LogP contribution in [0.25, 0.3) is 108 Å². The number of phenolic OH excluding ortho intramolecular Hbond substituents is 1. The van der Waals surface area contributed by atoms with E-state index in [1.54, 1.807) is 0 Å². The van der Waals surface area contributed by atoms with E-state index in [1.807, 2.05) is 18.2 Å².